The third-order valence-electron chi connectivity index (χ3n) is 1.32. The predicted octanol–water partition coefficient (Wildman–Crippen LogP) is -0.707. The van der Waals surface area contributed by atoms with Crippen LogP contribution in [0.5, 0.6) is 12.0 Å². The molecule has 0 atom stereocenters. The molecule has 0 aliphatic carbocycles. The Morgan fingerprint density at radius 2 is 2.00 bits per heavy atom. The molecule has 7 nitrogen and oxygen atoms in total. The first-order chi connectivity index (χ1) is 6.80. The number of rotatable bonds is 5. The third kappa shape index (κ3) is 2.70. The topological polar surface area (TPSA) is 89.4 Å². The van der Waals surface area contributed by atoms with Crippen LogP contribution in [-0.4, -0.2) is 47.4 Å². The summed E-state index contributed by atoms with van der Waals surface area (Å²) in [5.41, 5.74) is 0. The number of aliphatic hydroxyl groups excluding tert-OH is 1. The van der Waals surface area contributed by atoms with E-state index in [9.17, 15) is 0 Å². The number of anilines is 1. The molecular weight excluding hydrogens is 188 g/mol. The van der Waals surface area contributed by atoms with Gasteiger partial charge in [0.05, 0.1) is 13.7 Å². The molecule has 78 valence electrons. The van der Waals surface area contributed by atoms with Gasteiger partial charge in [-0.05, 0) is 0 Å². The van der Waals surface area contributed by atoms with Crippen LogP contribution in [0.25, 0.3) is 0 Å². The van der Waals surface area contributed by atoms with Gasteiger partial charge in [-0.2, -0.15) is 9.97 Å². The third-order valence-corrected chi connectivity index (χ3v) is 1.32. The lowest BCUT2D eigenvalue weighted by Gasteiger charge is -2.05. The molecule has 0 saturated heterocycles. The number of hydrogen-bond acceptors (Lipinski definition) is 7. The Balaban J connectivity index is 2.81. The Hall–Kier alpha value is -1.63. The van der Waals surface area contributed by atoms with Gasteiger partial charge in [-0.25, -0.2) is 0 Å². The van der Waals surface area contributed by atoms with Crippen molar-refractivity contribution in [3.8, 4) is 12.0 Å². The molecule has 7 heteroatoms. The average Bonchev–Trinajstić information content (AvgIpc) is 2.25. The van der Waals surface area contributed by atoms with Crippen LogP contribution in [0.2, 0.25) is 0 Å². The normalized spacial score (nSPS) is 9.64. The zero-order chi connectivity index (χ0) is 10.4. The Morgan fingerprint density at radius 3 is 2.57 bits per heavy atom. The second-order valence-electron chi connectivity index (χ2n) is 2.25. The van der Waals surface area contributed by atoms with Crippen LogP contribution >= 0.6 is 0 Å². The highest BCUT2D eigenvalue weighted by Crippen LogP contribution is 2.11. The number of nitrogens with one attached hydrogen (secondary N) is 1. The van der Waals surface area contributed by atoms with E-state index < -0.39 is 0 Å². The van der Waals surface area contributed by atoms with E-state index in [0.717, 1.165) is 0 Å². The van der Waals surface area contributed by atoms with Crippen LogP contribution in [0.4, 0.5) is 5.95 Å². The fraction of sp³-hybridized carbons (Fsp3) is 0.571. The standard InChI is InChI=1S/C7H12N4O3/c1-8-5-9-6(13-2)11-7(10-5)14-4-3-12/h12H,3-4H2,1-2H3,(H,8,9,10,11). The van der Waals surface area contributed by atoms with Crippen molar-refractivity contribution in [3.05, 3.63) is 0 Å². The van der Waals surface area contributed by atoms with Crippen LogP contribution in [-0.2, 0) is 0 Å². The number of hydrogen-bond donors (Lipinski definition) is 2. The SMILES string of the molecule is CNc1nc(OC)nc(OCCO)n1. The highest BCUT2D eigenvalue weighted by Gasteiger charge is 2.05. The van der Waals surface area contributed by atoms with E-state index in [0.29, 0.717) is 5.95 Å². The molecule has 0 unspecified atom stereocenters. The summed E-state index contributed by atoms with van der Waals surface area (Å²) in [5.74, 6) is 0.352. The first-order valence-corrected chi connectivity index (χ1v) is 4.01. The molecule has 0 aromatic carbocycles. The van der Waals surface area contributed by atoms with Gasteiger partial charge in [-0.3, -0.25) is 0 Å². The van der Waals surface area contributed by atoms with Gasteiger partial charge in [0.1, 0.15) is 6.61 Å². The second-order valence-corrected chi connectivity index (χ2v) is 2.25. The average molecular weight is 200 g/mol. The van der Waals surface area contributed by atoms with E-state index in [2.05, 4.69) is 20.3 Å². The van der Waals surface area contributed by atoms with Gasteiger partial charge in [0, 0.05) is 7.05 Å². The van der Waals surface area contributed by atoms with Crippen LogP contribution in [0.15, 0.2) is 0 Å². The molecule has 0 bridgehead atoms. The van der Waals surface area contributed by atoms with Gasteiger partial charge >= 0.3 is 12.0 Å². The summed E-state index contributed by atoms with van der Waals surface area (Å²) in [4.78, 5) is 11.6. The zero-order valence-corrected chi connectivity index (χ0v) is 8.02. The van der Waals surface area contributed by atoms with E-state index in [1.54, 1.807) is 7.05 Å². The van der Waals surface area contributed by atoms with Crippen molar-refractivity contribution in [1.29, 1.82) is 0 Å². The molecule has 0 fully saturated rings. The van der Waals surface area contributed by atoms with Crippen molar-refractivity contribution in [3.63, 3.8) is 0 Å². The van der Waals surface area contributed by atoms with E-state index >= 15 is 0 Å². The quantitative estimate of drug-likeness (QED) is 0.649. The molecule has 14 heavy (non-hydrogen) atoms. The molecule has 0 amide bonds. The molecule has 1 aromatic rings. The van der Waals surface area contributed by atoms with Crippen molar-refractivity contribution in [2.75, 3.05) is 32.7 Å². The smallest absolute Gasteiger partial charge is 0.324 e. The number of methoxy groups -OCH3 is 1. The first-order valence-electron chi connectivity index (χ1n) is 4.01. The molecule has 1 rings (SSSR count). The summed E-state index contributed by atoms with van der Waals surface area (Å²) in [6.07, 6.45) is 0. The van der Waals surface area contributed by atoms with Crippen molar-refractivity contribution >= 4 is 5.95 Å². The maximum Gasteiger partial charge on any atom is 0.324 e. The summed E-state index contributed by atoms with van der Waals surface area (Å²) >= 11 is 0. The molecule has 1 aromatic heterocycles. The highest BCUT2D eigenvalue weighted by atomic mass is 16.5. The number of aromatic nitrogens is 3. The van der Waals surface area contributed by atoms with Crippen LogP contribution in [0.1, 0.15) is 0 Å². The Bertz CT molecular complexity index is 272. The Morgan fingerprint density at radius 1 is 1.29 bits per heavy atom. The molecule has 0 radical (unpaired) electrons. The maximum atomic E-state index is 8.54. The summed E-state index contributed by atoms with van der Waals surface area (Å²) in [6, 6.07) is 0.285. The summed E-state index contributed by atoms with van der Waals surface area (Å²) in [5, 5.41) is 11.3. The van der Waals surface area contributed by atoms with Gasteiger partial charge in [0.2, 0.25) is 5.95 Å². The lowest BCUT2D eigenvalue weighted by Crippen LogP contribution is -2.08. The highest BCUT2D eigenvalue weighted by molar-refractivity contribution is 5.26. The molecular formula is C7H12N4O3. The zero-order valence-electron chi connectivity index (χ0n) is 8.02. The lowest BCUT2D eigenvalue weighted by atomic mass is 10.8. The molecule has 2 N–H and O–H groups in total. The van der Waals surface area contributed by atoms with Gasteiger partial charge in [-0.15, -0.1) is 4.98 Å². The molecule has 0 saturated carbocycles. The monoisotopic (exact) mass is 200 g/mol. The minimum atomic E-state index is -0.0944. The van der Waals surface area contributed by atoms with Crippen molar-refractivity contribution < 1.29 is 14.6 Å². The lowest BCUT2D eigenvalue weighted by molar-refractivity contribution is 0.189. The van der Waals surface area contributed by atoms with E-state index in [1.807, 2.05) is 0 Å². The summed E-state index contributed by atoms with van der Waals surface area (Å²) < 4.78 is 9.84. The Kier molecular flexibility index (Phi) is 3.86. The minimum absolute atomic E-state index is 0.0944. The van der Waals surface area contributed by atoms with E-state index in [1.165, 1.54) is 7.11 Å². The number of nitrogens with zero attached hydrogens (tertiary/aromatic N) is 3. The van der Waals surface area contributed by atoms with Gasteiger partial charge in [0.15, 0.2) is 0 Å². The molecule has 1 heterocycles. The van der Waals surface area contributed by atoms with Crippen LogP contribution in [0, 0.1) is 0 Å². The number of ether oxygens (including phenoxy) is 2. The molecule has 0 aliphatic heterocycles. The van der Waals surface area contributed by atoms with E-state index in [4.69, 9.17) is 14.6 Å². The fourth-order valence-electron chi connectivity index (χ4n) is 0.743. The summed E-state index contributed by atoms with van der Waals surface area (Å²) in [7, 11) is 3.12. The maximum absolute atomic E-state index is 8.54. The minimum Gasteiger partial charge on any atom is -0.467 e. The van der Waals surface area contributed by atoms with Crippen molar-refractivity contribution in [2.24, 2.45) is 0 Å². The van der Waals surface area contributed by atoms with E-state index in [-0.39, 0.29) is 25.2 Å². The molecule has 0 aliphatic rings. The second kappa shape index (κ2) is 5.18. The van der Waals surface area contributed by atoms with Gasteiger partial charge in [0.25, 0.3) is 0 Å². The van der Waals surface area contributed by atoms with Gasteiger partial charge < -0.3 is 19.9 Å². The first kappa shape index (κ1) is 10.5. The summed E-state index contributed by atoms with van der Waals surface area (Å²) in [6.45, 7) is 0.0409. The largest absolute Gasteiger partial charge is 0.467 e. The van der Waals surface area contributed by atoms with Crippen LogP contribution < -0.4 is 14.8 Å². The number of aliphatic hydroxyl groups is 1. The van der Waals surface area contributed by atoms with Crippen molar-refractivity contribution in [2.45, 2.75) is 0 Å². The molecule has 0 spiro atoms. The Labute approximate surface area is 81.1 Å². The fourth-order valence-corrected chi connectivity index (χ4v) is 0.743. The van der Waals surface area contributed by atoms with Gasteiger partial charge in [-0.1, -0.05) is 0 Å². The van der Waals surface area contributed by atoms with Crippen molar-refractivity contribution in [1.82, 2.24) is 15.0 Å². The van der Waals surface area contributed by atoms with Crippen LogP contribution in [0.3, 0.4) is 0 Å². The predicted molar refractivity (Wildman–Crippen MR) is 48.5 cm³/mol.